The lowest BCUT2D eigenvalue weighted by Gasteiger charge is -2.12. The second kappa shape index (κ2) is 4.79. The van der Waals surface area contributed by atoms with Crippen molar-refractivity contribution >= 4 is 5.69 Å². The van der Waals surface area contributed by atoms with Gasteiger partial charge in [-0.1, -0.05) is 0 Å². The predicted octanol–water partition coefficient (Wildman–Crippen LogP) is 3.54. The monoisotopic (exact) mass is 268 g/mol. The molecule has 19 heavy (non-hydrogen) atoms. The highest BCUT2D eigenvalue weighted by atomic mass is 19.4. The van der Waals surface area contributed by atoms with Crippen LogP contribution >= 0.6 is 0 Å². The number of nitrogen functional groups attached to an aromatic ring is 1. The minimum Gasteiger partial charge on any atom is -0.406 e. The first kappa shape index (κ1) is 13.2. The maximum absolute atomic E-state index is 12.1. The van der Waals surface area contributed by atoms with Crippen molar-refractivity contribution in [2.24, 2.45) is 0 Å². The molecular formula is C13H11F3N2O. The zero-order valence-electron chi connectivity index (χ0n) is 10.0. The minimum atomic E-state index is -4.72. The third-order valence-corrected chi connectivity index (χ3v) is 2.59. The van der Waals surface area contributed by atoms with Crippen LogP contribution < -0.4 is 10.5 Å². The van der Waals surface area contributed by atoms with E-state index in [1.54, 1.807) is 18.5 Å². The van der Waals surface area contributed by atoms with Crippen LogP contribution in [0.2, 0.25) is 0 Å². The van der Waals surface area contributed by atoms with E-state index in [4.69, 9.17) is 5.73 Å². The first-order valence-corrected chi connectivity index (χ1v) is 5.43. The van der Waals surface area contributed by atoms with Crippen LogP contribution in [-0.2, 0) is 0 Å². The van der Waals surface area contributed by atoms with Gasteiger partial charge in [0.2, 0.25) is 0 Å². The van der Waals surface area contributed by atoms with E-state index in [-0.39, 0.29) is 11.4 Å². The van der Waals surface area contributed by atoms with Crippen LogP contribution in [0.4, 0.5) is 18.9 Å². The molecule has 0 aliphatic carbocycles. The van der Waals surface area contributed by atoms with Gasteiger partial charge < -0.3 is 10.5 Å². The van der Waals surface area contributed by atoms with Gasteiger partial charge in [-0.2, -0.15) is 0 Å². The fourth-order valence-corrected chi connectivity index (χ4v) is 1.73. The summed E-state index contributed by atoms with van der Waals surface area (Å²) in [5.41, 5.74) is 8.31. The van der Waals surface area contributed by atoms with Crippen LogP contribution in [0.25, 0.3) is 11.1 Å². The molecule has 0 spiro atoms. The summed E-state index contributed by atoms with van der Waals surface area (Å²) in [5, 5.41) is 0. The number of nitrogens with zero attached hydrogens (tertiary/aromatic N) is 1. The second-order valence-electron chi connectivity index (χ2n) is 3.99. The highest BCUT2D eigenvalue weighted by Crippen LogP contribution is 2.32. The van der Waals surface area contributed by atoms with Gasteiger partial charge in [0.25, 0.3) is 0 Å². The second-order valence-corrected chi connectivity index (χ2v) is 3.99. The minimum absolute atomic E-state index is 0.206. The molecule has 0 saturated carbocycles. The van der Waals surface area contributed by atoms with Gasteiger partial charge in [0, 0.05) is 35.3 Å². The molecule has 1 aromatic carbocycles. The van der Waals surface area contributed by atoms with Crippen LogP contribution in [0.5, 0.6) is 5.75 Å². The van der Waals surface area contributed by atoms with Crippen molar-refractivity contribution in [3.8, 4) is 16.9 Å². The molecule has 0 saturated heterocycles. The summed E-state index contributed by atoms with van der Waals surface area (Å²) >= 11 is 0. The molecule has 2 rings (SSSR count). The average Bonchev–Trinajstić information content (AvgIpc) is 2.28. The number of rotatable bonds is 2. The van der Waals surface area contributed by atoms with Gasteiger partial charge in [-0.3, -0.25) is 4.98 Å². The smallest absolute Gasteiger partial charge is 0.406 e. The lowest BCUT2D eigenvalue weighted by Crippen LogP contribution is -2.17. The molecule has 0 unspecified atom stereocenters. The van der Waals surface area contributed by atoms with Gasteiger partial charge in [-0.25, -0.2) is 0 Å². The summed E-state index contributed by atoms with van der Waals surface area (Å²) < 4.78 is 40.1. The number of anilines is 1. The van der Waals surface area contributed by atoms with Crippen molar-refractivity contribution in [3.05, 3.63) is 42.2 Å². The Hall–Kier alpha value is -2.24. The normalized spacial score (nSPS) is 11.4. The molecule has 0 radical (unpaired) electrons. The number of pyridine rings is 1. The third-order valence-electron chi connectivity index (χ3n) is 2.59. The fraction of sp³-hybridized carbons (Fsp3) is 0.154. The summed E-state index contributed by atoms with van der Waals surface area (Å²) in [6, 6.07) is 5.66. The molecule has 2 N–H and O–H groups in total. The molecule has 0 aliphatic heterocycles. The van der Waals surface area contributed by atoms with Crippen LogP contribution in [-0.4, -0.2) is 11.3 Å². The highest BCUT2D eigenvalue weighted by Gasteiger charge is 2.31. The summed E-state index contributed by atoms with van der Waals surface area (Å²) in [5.74, 6) is -0.338. The van der Waals surface area contributed by atoms with Gasteiger partial charge in [-0.05, 0) is 30.7 Å². The van der Waals surface area contributed by atoms with Crippen molar-refractivity contribution in [3.63, 3.8) is 0 Å². The van der Waals surface area contributed by atoms with Gasteiger partial charge in [0.1, 0.15) is 5.75 Å². The Balaban J connectivity index is 2.38. The fourth-order valence-electron chi connectivity index (χ4n) is 1.73. The predicted molar refractivity (Wildman–Crippen MR) is 65.5 cm³/mol. The van der Waals surface area contributed by atoms with E-state index in [1.165, 1.54) is 12.1 Å². The van der Waals surface area contributed by atoms with Crippen molar-refractivity contribution in [1.29, 1.82) is 0 Å². The Morgan fingerprint density at radius 3 is 2.47 bits per heavy atom. The number of hydrogen-bond donors (Lipinski definition) is 1. The number of aromatic nitrogens is 1. The zero-order chi connectivity index (χ0) is 14.0. The first-order chi connectivity index (χ1) is 8.87. The Morgan fingerprint density at radius 1 is 1.16 bits per heavy atom. The quantitative estimate of drug-likeness (QED) is 0.847. The maximum Gasteiger partial charge on any atom is 0.573 e. The van der Waals surface area contributed by atoms with Gasteiger partial charge in [0.05, 0.1) is 0 Å². The first-order valence-electron chi connectivity index (χ1n) is 5.43. The largest absolute Gasteiger partial charge is 0.573 e. The van der Waals surface area contributed by atoms with Gasteiger partial charge >= 0.3 is 6.36 Å². The Bertz CT molecular complexity index is 597. The molecule has 1 heterocycles. The molecule has 100 valence electrons. The average molecular weight is 268 g/mol. The molecule has 1 aromatic heterocycles. The topological polar surface area (TPSA) is 48.1 Å². The highest BCUT2D eigenvalue weighted by molar-refractivity contribution is 5.78. The van der Waals surface area contributed by atoms with E-state index in [1.807, 2.05) is 6.92 Å². The number of nitrogens with two attached hydrogens (primary N) is 1. The molecule has 2 aromatic rings. The van der Waals surface area contributed by atoms with Crippen molar-refractivity contribution in [1.82, 2.24) is 4.98 Å². The number of benzene rings is 1. The van der Waals surface area contributed by atoms with Crippen LogP contribution in [0.3, 0.4) is 0 Å². The molecule has 0 fully saturated rings. The van der Waals surface area contributed by atoms with E-state index in [2.05, 4.69) is 9.72 Å². The molecule has 6 heteroatoms. The summed E-state index contributed by atoms with van der Waals surface area (Å²) in [6.45, 7) is 1.87. The number of halogens is 3. The number of aryl methyl sites for hydroxylation is 1. The van der Waals surface area contributed by atoms with Crippen LogP contribution in [0, 0.1) is 6.92 Å². The van der Waals surface area contributed by atoms with E-state index < -0.39 is 6.36 Å². The summed E-state index contributed by atoms with van der Waals surface area (Å²) in [7, 11) is 0. The Kier molecular flexibility index (Phi) is 3.33. The zero-order valence-corrected chi connectivity index (χ0v) is 10.0. The summed E-state index contributed by atoms with van der Waals surface area (Å²) in [4.78, 5) is 3.98. The van der Waals surface area contributed by atoms with Crippen LogP contribution in [0.15, 0.2) is 36.7 Å². The molecule has 0 aliphatic rings. The van der Waals surface area contributed by atoms with E-state index in [9.17, 15) is 13.2 Å². The summed E-state index contributed by atoms with van der Waals surface area (Å²) in [6.07, 6.45) is -1.47. The molecule has 0 bridgehead atoms. The molecule has 0 atom stereocenters. The van der Waals surface area contributed by atoms with Crippen molar-refractivity contribution in [2.45, 2.75) is 13.3 Å². The van der Waals surface area contributed by atoms with Gasteiger partial charge in [-0.15, -0.1) is 13.2 Å². The van der Waals surface area contributed by atoms with E-state index in [0.29, 0.717) is 5.56 Å². The van der Waals surface area contributed by atoms with Crippen LogP contribution in [0.1, 0.15) is 5.56 Å². The SMILES string of the molecule is Cc1ccncc1-c1ccc(OC(F)(F)F)cc1N. The standard InChI is InChI=1S/C13H11F3N2O/c1-8-4-5-18-7-11(8)10-3-2-9(6-12(10)17)19-13(14,15)16/h2-7H,17H2,1H3. The lowest BCUT2D eigenvalue weighted by molar-refractivity contribution is -0.274. The Labute approximate surface area is 107 Å². The Morgan fingerprint density at radius 2 is 1.89 bits per heavy atom. The van der Waals surface area contributed by atoms with Gasteiger partial charge in [0.15, 0.2) is 0 Å². The maximum atomic E-state index is 12.1. The number of ether oxygens (including phenoxy) is 1. The van der Waals surface area contributed by atoms with E-state index >= 15 is 0 Å². The third kappa shape index (κ3) is 3.15. The molecule has 3 nitrogen and oxygen atoms in total. The molecule has 0 amide bonds. The number of hydrogen-bond acceptors (Lipinski definition) is 3. The van der Waals surface area contributed by atoms with Crippen molar-refractivity contribution in [2.75, 3.05) is 5.73 Å². The lowest BCUT2D eigenvalue weighted by atomic mass is 10.0. The van der Waals surface area contributed by atoms with E-state index in [0.717, 1.165) is 17.2 Å². The number of alkyl halides is 3. The molecular weight excluding hydrogens is 257 g/mol. The van der Waals surface area contributed by atoms with Crippen molar-refractivity contribution < 1.29 is 17.9 Å².